The molecule has 3 nitrogen and oxygen atoms in total. The lowest BCUT2D eigenvalue weighted by atomic mass is 9.74. The third-order valence-corrected chi connectivity index (χ3v) is 6.17. The molecule has 4 aromatic rings. The number of benzene rings is 1. The highest BCUT2D eigenvalue weighted by molar-refractivity contribution is 7.09. The van der Waals surface area contributed by atoms with Crippen LogP contribution in [-0.4, -0.2) is 15.8 Å². The minimum absolute atomic E-state index is 0.0307. The van der Waals surface area contributed by atoms with E-state index in [0.717, 1.165) is 51.6 Å². The first kappa shape index (κ1) is 15.8. The summed E-state index contributed by atoms with van der Waals surface area (Å²) in [6.07, 6.45) is 2.23. The number of carbonyl (C=O) groups excluding carboxylic acids is 1. The van der Waals surface area contributed by atoms with Gasteiger partial charge in [-0.3, -0.25) is 9.78 Å². The summed E-state index contributed by atoms with van der Waals surface area (Å²) in [7, 11) is 0. The largest absolute Gasteiger partial charge is 0.353 e. The van der Waals surface area contributed by atoms with E-state index in [1.807, 2.05) is 12.1 Å². The van der Waals surface area contributed by atoms with Crippen LogP contribution in [0.15, 0.2) is 41.8 Å². The van der Waals surface area contributed by atoms with Crippen molar-refractivity contribution in [3.05, 3.63) is 63.6 Å². The highest BCUT2D eigenvalue weighted by Gasteiger charge is 2.34. The summed E-state index contributed by atoms with van der Waals surface area (Å²) in [4.78, 5) is 22.9. The number of H-pyrrole nitrogens is 1. The fraction of sp³-hybridized carbons (Fsp3) is 0.273. The lowest BCUT2D eigenvalue weighted by Crippen LogP contribution is -2.28. The summed E-state index contributed by atoms with van der Waals surface area (Å²) < 4.78 is 0. The lowest BCUT2D eigenvalue weighted by molar-refractivity contribution is 0.0912. The van der Waals surface area contributed by atoms with Gasteiger partial charge < -0.3 is 4.98 Å². The number of thiophene rings is 1. The Morgan fingerprint density at radius 3 is 2.81 bits per heavy atom. The maximum absolute atomic E-state index is 13.0. The highest BCUT2D eigenvalue weighted by atomic mass is 32.1. The van der Waals surface area contributed by atoms with Gasteiger partial charge in [0, 0.05) is 39.6 Å². The Kier molecular flexibility index (Phi) is 3.35. The SMILES string of the molecule is CC1(C)CC(=O)c2c(nc(Cc3cccs3)c3[nH]c4ccccc4c23)C1. The van der Waals surface area contributed by atoms with Crippen LogP contribution >= 0.6 is 11.3 Å². The Labute approximate surface area is 156 Å². The summed E-state index contributed by atoms with van der Waals surface area (Å²) in [6.45, 7) is 4.32. The number of nitrogens with zero attached hydrogens (tertiary/aromatic N) is 1. The van der Waals surface area contributed by atoms with Crippen LogP contribution in [0.5, 0.6) is 0 Å². The fourth-order valence-electron chi connectivity index (χ4n) is 4.21. The molecule has 0 aliphatic heterocycles. The van der Waals surface area contributed by atoms with E-state index < -0.39 is 0 Å². The summed E-state index contributed by atoms with van der Waals surface area (Å²) in [5, 5.41) is 4.29. The van der Waals surface area contributed by atoms with Gasteiger partial charge in [-0.05, 0) is 29.3 Å². The van der Waals surface area contributed by atoms with E-state index in [2.05, 4.69) is 48.5 Å². The molecule has 0 atom stereocenters. The molecule has 0 spiro atoms. The number of aromatic amines is 1. The molecule has 1 N–H and O–H groups in total. The zero-order valence-electron chi connectivity index (χ0n) is 14.9. The minimum Gasteiger partial charge on any atom is -0.353 e. The molecule has 0 amide bonds. The summed E-state index contributed by atoms with van der Waals surface area (Å²) >= 11 is 1.75. The van der Waals surface area contributed by atoms with E-state index in [1.165, 1.54) is 4.88 Å². The van der Waals surface area contributed by atoms with Crippen LogP contribution in [0.25, 0.3) is 21.8 Å². The van der Waals surface area contributed by atoms with Gasteiger partial charge in [0.05, 0.1) is 16.9 Å². The Balaban J connectivity index is 1.85. The number of hydrogen-bond donors (Lipinski definition) is 1. The van der Waals surface area contributed by atoms with Crippen molar-refractivity contribution in [3.63, 3.8) is 0 Å². The Bertz CT molecular complexity index is 1150. The topological polar surface area (TPSA) is 45.8 Å². The molecule has 130 valence electrons. The molecule has 3 aromatic heterocycles. The van der Waals surface area contributed by atoms with Crippen molar-refractivity contribution in [3.8, 4) is 0 Å². The van der Waals surface area contributed by atoms with Crippen molar-refractivity contribution in [1.29, 1.82) is 0 Å². The van der Waals surface area contributed by atoms with Crippen LogP contribution in [0.3, 0.4) is 0 Å². The molecule has 1 aliphatic carbocycles. The van der Waals surface area contributed by atoms with E-state index >= 15 is 0 Å². The van der Waals surface area contributed by atoms with Gasteiger partial charge in [0.25, 0.3) is 0 Å². The van der Waals surface area contributed by atoms with Gasteiger partial charge >= 0.3 is 0 Å². The van der Waals surface area contributed by atoms with Crippen LogP contribution < -0.4 is 0 Å². The summed E-state index contributed by atoms with van der Waals surface area (Å²) in [5.41, 5.74) is 4.91. The molecule has 0 saturated heterocycles. The van der Waals surface area contributed by atoms with E-state index in [4.69, 9.17) is 4.98 Å². The first-order valence-corrected chi connectivity index (χ1v) is 9.87. The maximum Gasteiger partial charge on any atom is 0.165 e. The molecule has 1 aliphatic rings. The third-order valence-electron chi connectivity index (χ3n) is 5.29. The third kappa shape index (κ3) is 2.40. The van der Waals surface area contributed by atoms with Gasteiger partial charge in [0.2, 0.25) is 0 Å². The molecule has 0 bridgehead atoms. The van der Waals surface area contributed by atoms with Crippen molar-refractivity contribution >= 4 is 38.9 Å². The van der Waals surface area contributed by atoms with Gasteiger partial charge in [-0.1, -0.05) is 38.1 Å². The fourth-order valence-corrected chi connectivity index (χ4v) is 4.92. The number of carbonyl (C=O) groups is 1. The number of fused-ring (bicyclic) bond motifs is 5. The molecule has 5 rings (SSSR count). The van der Waals surface area contributed by atoms with Crippen LogP contribution in [-0.2, 0) is 12.8 Å². The number of ketones is 1. The number of Topliss-reactive ketones (excluding diaryl/α,β-unsaturated/α-hetero) is 1. The second-order valence-corrected chi connectivity index (χ2v) is 9.03. The smallest absolute Gasteiger partial charge is 0.165 e. The van der Waals surface area contributed by atoms with Gasteiger partial charge in [0.1, 0.15) is 0 Å². The number of para-hydroxylation sites is 1. The second kappa shape index (κ2) is 5.52. The first-order chi connectivity index (χ1) is 12.5. The van der Waals surface area contributed by atoms with E-state index in [0.29, 0.717) is 6.42 Å². The minimum atomic E-state index is -0.0307. The molecule has 0 fully saturated rings. The van der Waals surface area contributed by atoms with Crippen molar-refractivity contribution in [1.82, 2.24) is 9.97 Å². The molecule has 0 saturated carbocycles. The quantitative estimate of drug-likeness (QED) is 0.511. The predicted octanol–water partition coefficient (Wildman–Crippen LogP) is 5.52. The van der Waals surface area contributed by atoms with Gasteiger partial charge in [-0.15, -0.1) is 11.3 Å². The molecule has 1 aromatic carbocycles. The maximum atomic E-state index is 13.0. The molecule has 0 unspecified atom stereocenters. The Morgan fingerprint density at radius 1 is 1.15 bits per heavy atom. The molecular weight excluding hydrogens is 340 g/mol. The summed E-state index contributed by atoms with van der Waals surface area (Å²) in [5.74, 6) is 0.223. The average molecular weight is 360 g/mol. The number of aromatic nitrogens is 2. The molecular formula is C22H20N2OS. The van der Waals surface area contributed by atoms with E-state index in [1.54, 1.807) is 11.3 Å². The molecule has 4 heteroatoms. The first-order valence-electron chi connectivity index (χ1n) is 9.00. The zero-order valence-corrected chi connectivity index (χ0v) is 15.7. The molecule has 3 heterocycles. The van der Waals surface area contributed by atoms with Gasteiger partial charge in [0.15, 0.2) is 5.78 Å². The molecule has 26 heavy (non-hydrogen) atoms. The number of hydrogen-bond acceptors (Lipinski definition) is 3. The van der Waals surface area contributed by atoms with Crippen LogP contribution in [0.4, 0.5) is 0 Å². The number of pyridine rings is 1. The Hall–Kier alpha value is -2.46. The van der Waals surface area contributed by atoms with Gasteiger partial charge in [-0.25, -0.2) is 0 Å². The number of nitrogens with one attached hydrogen (secondary N) is 1. The average Bonchev–Trinajstić information content (AvgIpc) is 3.21. The zero-order chi connectivity index (χ0) is 17.9. The van der Waals surface area contributed by atoms with Gasteiger partial charge in [-0.2, -0.15) is 0 Å². The second-order valence-electron chi connectivity index (χ2n) is 8.00. The predicted molar refractivity (Wildman–Crippen MR) is 107 cm³/mol. The van der Waals surface area contributed by atoms with E-state index in [-0.39, 0.29) is 11.2 Å². The van der Waals surface area contributed by atoms with Crippen LogP contribution in [0, 0.1) is 5.41 Å². The molecule has 0 radical (unpaired) electrons. The lowest BCUT2D eigenvalue weighted by Gasteiger charge is -2.30. The van der Waals surface area contributed by atoms with Crippen molar-refractivity contribution < 1.29 is 4.79 Å². The standard InChI is InChI=1S/C22H20N2OS/c1-22(2)11-17-20(18(25)12-22)19-14-7-3-4-8-15(14)24-21(19)16(23-17)10-13-6-5-9-26-13/h3-9,24H,10-12H2,1-2H3. The van der Waals surface area contributed by atoms with Crippen molar-refractivity contribution in [2.75, 3.05) is 0 Å². The highest BCUT2D eigenvalue weighted by Crippen LogP contribution is 2.40. The number of rotatable bonds is 2. The van der Waals surface area contributed by atoms with Crippen LogP contribution in [0.1, 0.15) is 46.9 Å². The van der Waals surface area contributed by atoms with Crippen LogP contribution in [0.2, 0.25) is 0 Å². The van der Waals surface area contributed by atoms with Crippen molar-refractivity contribution in [2.24, 2.45) is 5.41 Å². The summed E-state index contributed by atoms with van der Waals surface area (Å²) in [6, 6.07) is 12.5. The monoisotopic (exact) mass is 360 g/mol. The normalized spacial score (nSPS) is 16.3. The van der Waals surface area contributed by atoms with E-state index in [9.17, 15) is 4.79 Å². The van der Waals surface area contributed by atoms with Crippen molar-refractivity contribution in [2.45, 2.75) is 33.1 Å². The Morgan fingerprint density at radius 2 is 2.00 bits per heavy atom.